The van der Waals surface area contributed by atoms with Gasteiger partial charge < -0.3 is 5.11 Å². The molecule has 1 amide bonds. The fourth-order valence-corrected chi connectivity index (χ4v) is 2.81. The van der Waals surface area contributed by atoms with Gasteiger partial charge in [-0.25, -0.2) is 0 Å². The van der Waals surface area contributed by atoms with Gasteiger partial charge >= 0.3 is 6.18 Å². The third-order valence-corrected chi connectivity index (χ3v) is 4.51. The highest BCUT2D eigenvalue weighted by molar-refractivity contribution is 5.98. The number of carbonyl (C=O) groups is 1. The number of benzene rings is 1. The first-order chi connectivity index (χ1) is 11.9. The lowest BCUT2D eigenvalue weighted by atomic mass is 9.86. The minimum atomic E-state index is -4.99. The minimum Gasteiger partial charge on any atom is -0.362 e. The van der Waals surface area contributed by atoms with Crippen LogP contribution < -0.4 is 0 Å². The lowest BCUT2D eigenvalue weighted by Gasteiger charge is -2.32. The van der Waals surface area contributed by atoms with Crippen LogP contribution in [-0.2, 0) is 5.41 Å². The van der Waals surface area contributed by atoms with Crippen LogP contribution in [0.5, 0.6) is 0 Å². The fourth-order valence-electron chi connectivity index (χ4n) is 2.81. The number of unbranched alkanes of at least 4 members (excludes halogenated alkanes) is 1. The van der Waals surface area contributed by atoms with E-state index in [9.17, 15) is 23.1 Å². The number of halogens is 3. The van der Waals surface area contributed by atoms with Crippen molar-refractivity contribution in [3.8, 4) is 0 Å². The number of hydrogen-bond acceptors (Lipinski definition) is 3. The van der Waals surface area contributed by atoms with Gasteiger partial charge in [-0.05, 0) is 36.0 Å². The molecule has 1 atom stereocenters. The van der Waals surface area contributed by atoms with Gasteiger partial charge in [0.15, 0.2) is 0 Å². The second-order valence-electron chi connectivity index (χ2n) is 7.71. The van der Waals surface area contributed by atoms with Crippen molar-refractivity contribution >= 4 is 11.6 Å². The van der Waals surface area contributed by atoms with Gasteiger partial charge in [0.2, 0.25) is 0 Å². The molecule has 2 rings (SSSR count). The smallest absolute Gasteiger partial charge is 0.362 e. The van der Waals surface area contributed by atoms with Crippen molar-refractivity contribution in [3.05, 3.63) is 35.4 Å². The summed E-state index contributed by atoms with van der Waals surface area (Å²) in [5.74, 6) is -0.961. The molecule has 0 aromatic heterocycles. The first kappa shape index (κ1) is 20.4. The molecule has 1 aliphatic rings. The molecular formula is C19H25F3N2O2. The van der Waals surface area contributed by atoms with Gasteiger partial charge in [-0.2, -0.15) is 23.3 Å². The van der Waals surface area contributed by atoms with Crippen molar-refractivity contribution in [3.63, 3.8) is 0 Å². The Morgan fingerprint density at radius 1 is 1.23 bits per heavy atom. The second-order valence-corrected chi connectivity index (χ2v) is 7.71. The average Bonchev–Trinajstić information content (AvgIpc) is 2.89. The number of carbonyl (C=O) groups excluding carboxylic acids is 1. The lowest BCUT2D eigenvalue weighted by molar-refractivity contribution is -0.297. The Morgan fingerprint density at radius 3 is 2.27 bits per heavy atom. The van der Waals surface area contributed by atoms with Crippen molar-refractivity contribution in [2.75, 3.05) is 0 Å². The fraction of sp³-hybridized carbons (Fsp3) is 0.579. The molecule has 0 bridgehead atoms. The van der Waals surface area contributed by atoms with E-state index < -0.39 is 24.2 Å². The Balaban J connectivity index is 2.35. The predicted octanol–water partition coefficient (Wildman–Crippen LogP) is 4.63. The van der Waals surface area contributed by atoms with Crippen LogP contribution in [0, 0.1) is 0 Å². The molecule has 0 unspecified atom stereocenters. The zero-order valence-corrected chi connectivity index (χ0v) is 15.5. The number of alkyl halides is 3. The maximum absolute atomic E-state index is 13.5. The van der Waals surface area contributed by atoms with Crippen LogP contribution in [0.15, 0.2) is 29.4 Å². The Labute approximate surface area is 151 Å². The van der Waals surface area contributed by atoms with Crippen molar-refractivity contribution in [2.24, 2.45) is 5.10 Å². The Kier molecular flexibility index (Phi) is 5.52. The number of hydrazone groups is 1. The van der Waals surface area contributed by atoms with Gasteiger partial charge in [0.1, 0.15) is 0 Å². The van der Waals surface area contributed by atoms with Crippen LogP contribution >= 0.6 is 0 Å². The molecule has 1 aliphatic heterocycles. The predicted molar refractivity (Wildman–Crippen MR) is 93.9 cm³/mol. The molecule has 0 saturated carbocycles. The van der Waals surface area contributed by atoms with Gasteiger partial charge in [0.25, 0.3) is 11.6 Å². The summed E-state index contributed by atoms with van der Waals surface area (Å²) in [6.45, 7) is 7.90. The van der Waals surface area contributed by atoms with E-state index in [1.807, 2.05) is 27.7 Å². The summed E-state index contributed by atoms with van der Waals surface area (Å²) in [6.07, 6.45) is -3.95. The number of hydrogen-bond donors (Lipinski definition) is 1. The molecule has 1 N–H and O–H groups in total. The molecule has 144 valence electrons. The summed E-state index contributed by atoms with van der Waals surface area (Å²) < 4.78 is 40.4. The molecule has 0 radical (unpaired) electrons. The van der Waals surface area contributed by atoms with E-state index >= 15 is 0 Å². The third-order valence-electron chi connectivity index (χ3n) is 4.51. The topological polar surface area (TPSA) is 52.9 Å². The lowest BCUT2D eigenvalue weighted by Crippen LogP contribution is -2.56. The highest BCUT2D eigenvalue weighted by Crippen LogP contribution is 2.41. The minimum absolute atomic E-state index is 0.0566. The zero-order chi connectivity index (χ0) is 19.8. The first-order valence-electron chi connectivity index (χ1n) is 8.70. The number of aliphatic hydroxyl groups is 1. The van der Waals surface area contributed by atoms with Gasteiger partial charge in [0.05, 0.1) is 0 Å². The van der Waals surface area contributed by atoms with Crippen LogP contribution in [0.3, 0.4) is 0 Å². The standard InChI is InChI=1S/C19H25F3N2O2/c1-5-6-7-15-12-18(26,19(20,21)22)24(23-15)16(25)13-8-10-14(11-9-13)17(2,3)4/h8-11,26H,5-7,12H2,1-4H3/t18-/m0/s1. The number of nitrogens with zero attached hydrogens (tertiary/aromatic N) is 2. The molecule has 1 aromatic rings. The summed E-state index contributed by atoms with van der Waals surface area (Å²) in [4.78, 5) is 12.6. The van der Waals surface area contributed by atoms with Crippen molar-refractivity contribution in [2.45, 2.75) is 70.7 Å². The largest absolute Gasteiger partial charge is 0.438 e. The molecule has 1 aromatic carbocycles. The molecule has 0 saturated heterocycles. The van der Waals surface area contributed by atoms with E-state index in [2.05, 4.69) is 5.10 Å². The first-order valence-corrected chi connectivity index (χ1v) is 8.70. The Bertz CT molecular complexity index is 690. The summed E-state index contributed by atoms with van der Waals surface area (Å²) in [5.41, 5.74) is -2.25. The van der Waals surface area contributed by atoms with Crippen LogP contribution in [-0.4, -0.2) is 33.6 Å². The molecule has 0 aliphatic carbocycles. The molecule has 1 heterocycles. The van der Waals surface area contributed by atoms with Crippen LogP contribution in [0.25, 0.3) is 0 Å². The third kappa shape index (κ3) is 3.92. The van der Waals surface area contributed by atoms with E-state index in [-0.39, 0.29) is 21.7 Å². The highest BCUT2D eigenvalue weighted by atomic mass is 19.4. The van der Waals surface area contributed by atoms with E-state index in [0.717, 1.165) is 12.0 Å². The van der Waals surface area contributed by atoms with Gasteiger partial charge in [-0.15, -0.1) is 0 Å². The normalized spacial score (nSPS) is 21.1. The van der Waals surface area contributed by atoms with E-state index in [0.29, 0.717) is 12.8 Å². The van der Waals surface area contributed by atoms with Crippen LogP contribution in [0.1, 0.15) is 69.3 Å². The summed E-state index contributed by atoms with van der Waals surface area (Å²) >= 11 is 0. The molecule has 4 nitrogen and oxygen atoms in total. The molecule has 26 heavy (non-hydrogen) atoms. The molecule has 7 heteroatoms. The Morgan fingerprint density at radius 2 is 1.81 bits per heavy atom. The SMILES string of the molecule is CCCCC1=NN(C(=O)c2ccc(C(C)(C)C)cc2)[C@@](O)(C(F)(F)F)C1. The summed E-state index contributed by atoms with van der Waals surface area (Å²) in [6, 6.07) is 6.36. The van der Waals surface area contributed by atoms with Crippen molar-refractivity contribution in [1.29, 1.82) is 0 Å². The zero-order valence-electron chi connectivity index (χ0n) is 15.5. The molecular weight excluding hydrogens is 345 g/mol. The van der Waals surface area contributed by atoms with E-state index in [1.54, 1.807) is 12.1 Å². The maximum Gasteiger partial charge on any atom is 0.438 e. The van der Waals surface area contributed by atoms with Crippen molar-refractivity contribution in [1.82, 2.24) is 5.01 Å². The number of rotatable bonds is 4. The summed E-state index contributed by atoms with van der Waals surface area (Å²) in [7, 11) is 0. The van der Waals surface area contributed by atoms with Crippen molar-refractivity contribution < 1.29 is 23.1 Å². The molecule has 0 spiro atoms. The van der Waals surface area contributed by atoms with Gasteiger partial charge in [-0.3, -0.25) is 4.79 Å². The average molecular weight is 370 g/mol. The van der Waals surface area contributed by atoms with Gasteiger partial charge in [-0.1, -0.05) is 46.2 Å². The van der Waals surface area contributed by atoms with E-state index in [1.165, 1.54) is 12.1 Å². The maximum atomic E-state index is 13.5. The van der Waals surface area contributed by atoms with Crippen LogP contribution in [0.4, 0.5) is 13.2 Å². The van der Waals surface area contributed by atoms with Crippen LogP contribution in [0.2, 0.25) is 0 Å². The Hall–Kier alpha value is -1.89. The highest BCUT2D eigenvalue weighted by Gasteiger charge is 2.63. The molecule has 0 fully saturated rings. The quantitative estimate of drug-likeness (QED) is 0.840. The van der Waals surface area contributed by atoms with E-state index in [4.69, 9.17) is 0 Å². The van der Waals surface area contributed by atoms with Gasteiger partial charge in [0, 0.05) is 17.7 Å². The second kappa shape index (κ2) is 7.02. The summed E-state index contributed by atoms with van der Waals surface area (Å²) in [5, 5.41) is 14.3. The number of amides is 1. The monoisotopic (exact) mass is 370 g/mol.